The molecule has 1 saturated carbocycles. The Bertz CT molecular complexity index is 363. The molecule has 102 valence electrons. The van der Waals surface area contributed by atoms with Crippen LogP contribution in [0.25, 0.3) is 0 Å². The van der Waals surface area contributed by atoms with Crippen molar-refractivity contribution in [3.63, 3.8) is 0 Å². The van der Waals surface area contributed by atoms with E-state index in [1.807, 2.05) is 12.1 Å². The van der Waals surface area contributed by atoms with Crippen molar-refractivity contribution in [1.82, 2.24) is 4.90 Å². The molecule has 1 heterocycles. The molecule has 1 aliphatic rings. The lowest BCUT2D eigenvalue weighted by Gasteiger charge is -2.50. The van der Waals surface area contributed by atoms with Crippen LogP contribution in [-0.4, -0.2) is 24.0 Å². The van der Waals surface area contributed by atoms with E-state index in [9.17, 15) is 0 Å². The number of nitrogens with zero attached hydrogens (tertiary/aromatic N) is 1. The zero-order valence-corrected chi connectivity index (χ0v) is 11.9. The smallest absolute Gasteiger partial charge is 0.117 e. The monoisotopic (exact) mass is 250 g/mol. The van der Waals surface area contributed by atoms with Gasteiger partial charge in [0.1, 0.15) is 5.76 Å². The molecule has 3 unspecified atom stereocenters. The lowest BCUT2D eigenvalue weighted by Crippen LogP contribution is -2.58. The molecular weight excluding hydrogens is 224 g/mol. The van der Waals surface area contributed by atoms with E-state index in [-0.39, 0.29) is 5.54 Å². The van der Waals surface area contributed by atoms with Crippen LogP contribution in [0.5, 0.6) is 0 Å². The Labute approximate surface area is 110 Å². The maximum atomic E-state index is 6.15. The first-order valence-electron chi connectivity index (χ1n) is 7.02. The van der Waals surface area contributed by atoms with Gasteiger partial charge < -0.3 is 10.2 Å². The van der Waals surface area contributed by atoms with Crippen molar-refractivity contribution in [2.45, 2.75) is 45.2 Å². The fourth-order valence-corrected chi connectivity index (χ4v) is 3.48. The molecule has 18 heavy (non-hydrogen) atoms. The Hall–Kier alpha value is -0.800. The number of rotatable bonds is 4. The number of likely N-dealkylation sites (N-methyl/N-ethyl adjacent to an activating group) is 1. The van der Waals surface area contributed by atoms with Crippen LogP contribution in [-0.2, 0) is 6.54 Å². The van der Waals surface area contributed by atoms with Crippen molar-refractivity contribution in [3.05, 3.63) is 24.2 Å². The average molecular weight is 250 g/mol. The Morgan fingerprint density at radius 3 is 2.83 bits per heavy atom. The first kappa shape index (κ1) is 13.6. The quantitative estimate of drug-likeness (QED) is 0.893. The first-order valence-corrected chi connectivity index (χ1v) is 7.02. The average Bonchev–Trinajstić information content (AvgIpc) is 2.85. The minimum atomic E-state index is 0.129. The van der Waals surface area contributed by atoms with Crippen LogP contribution < -0.4 is 5.73 Å². The molecule has 1 fully saturated rings. The zero-order chi connectivity index (χ0) is 13.2. The normalized spacial score (nSPS) is 32.9. The highest BCUT2D eigenvalue weighted by Crippen LogP contribution is 2.40. The molecule has 0 saturated heterocycles. The predicted octanol–water partition coefficient (Wildman–Crippen LogP) is 2.87. The van der Waals surface area contributed by atoms with Crippen LogP contribution in [0.1, 0.15) is 38.9 Å². The molecule has 0 aromatic carbocycles. The van der Waals surface area contributed by atoms with Gasteiger partial charge in [-0.2, -0.15) is 0 Å². The van der Waals surface area contributed by atoms with E-state index in [4.69, 9.17) is 10.2 Å². The predicted molar refractivity (Wildman–Crippen MR) is 74.1 cm³/mol. The molecule has 3 heteroatoms. The maximum absolute atomic E-state index is 6.15. The van der Waals surface area contributed by atoms with Gasteiger partial charge in [-0.1, -0.05) is 20.3 Å². The highest BCUT2D eigenvalue weighted by Gasteiger charge is 2.42. The third-order valence-electron chi connectivity index (χ3n) is 4.80. The highest BCUT2D eigenvalue weighted by atomic mass is 16.3. The summed E-state index contributed by atoms with van der Waals surface area (Å²) < 4.78 is 5.46. The van der Waals surface area contributed by atoms with Gasteiger partial charge in [0.2, 0.25) is 0 Å². The minimum Gasteiger partial charge on any atom is -0.468 e. The van der Waals surface area contributed by atoms with Gasteiger partial charge in [0.05, 0.1) is 12.8 Å². The molecule has 3 nitrogen and oxygen atoms in total. The van der Waals surface area contributed by atoms with Crippen LogP contribution in [0.2, 0.25) is 0 Å². The summed E-state index contributed by atoms with van der Waals surface area (Å²) in [6, 6.07) is 3.99. The van der Waals surface area contributed by atoms with E-state index >= 15 is 0 Å². The van der Waals surface area contributed by atoms with Gasteiger partial charge in [-0.05, 0) is 43.9 Å². The SMILES string of the molecule is CC1CCC(C)C(CN)(N(C)Cc2ccco2)C1. The van der Waals surface area contributed by atoms with Gasteiger partial charge >= 0.3 is 0 Å². The third kappa shape index (κ3) is 2.47. The summed E-state index contributed by atoms with van der Waals surface area (Å²) in [6.07, 6.45) is 5.55. The molecule has 0 spiro atoms. The van der Waals surface area contributed by atoms with Crippen molar-refractivity contribution >= 4 is 0 Å². The van der Waals surface area contributed by atoms with Crippen molar-refractivity contribution in [2.24, 2.45) is 17.6 Å². The van der Waals surface area contributed by atoms with Crippen molar-refractivity contribution in [1.29, 1.82) is 0 Å². The van der Waals surface area contributed by atoms with Crippen LogP contribution in [0.4, 0.5) is 0 Å². The van der Waals surface area contributed by atoms with Crippen LogP contribution in [0.15, 0.2) is 22.8 Å². The fourth-order valence-electron chi connectivity index (χ4n) is 3.48. The Morgan fingerprint density at radius 1 is 1.44 bits per heavy atom. The number of hydrogen-bond donors (Lipinski definition) is 1. The third-order valence-corrected chi connectivity index (χ3v) is 4.80. The van der Waals surface area contributed by atoms with Crippen molar-refractivity contribution in [3.8, 4) is 0 Å². The van der Waals surface area contributed by atoms with E-state index in [0.29, 0.717) is 5.92 Å². The second-order valence-electron chi connectivity index (χ2n) is 6.03. The number of furan rings is 1. The lowest BCUT2D eigenvalue weighted by atomic mass is 9.69. The fraction of sp³-hybridized carbons (Fsp3) is 0.733. The summed E-state index contributed by atoms with van der Waals surface area (Å²) in [5.74, 6) is 2.44. The van der Waals surface area contributed by atoms with E-state index in [0.717, 1.165) is 24.8 Å². The van der Waals surface area contributed by atoms with Gasteiger partial charge in [0.25, 0.3) is 0 Å². The molecule has 0 radical (unpaired) electrons. The second kappa shape index (κ2) is 5.45. The van der Waals surface area contributed by atoms with E-state index < -0.39 is 0 Å². The van der Waals surface area contributed by atoms with Gasteiger partial charge in [-0.15, -0.1) is 0 Å². The maximum Gasteiger partial charge on any atom is 0.117 e. The Kier molecular flexibility index (Phi) is 4.13. The zero-order valence-electron chi connectivity index (χ0n) is 11.9. The first-order chi connectivity index (χ1) is 8.58. The summed E-state index contributed by atoms with van der Waals surface area (Å²) >= 11 is 0. The summed E-state index contributed by atoms with van der Waals surface area (Å²) in [5, 5.41) is 0. The van der Waals surface area contributed by atoms with Crippen LogP contribution in [0.3, 0.4) is 0 Å². The second-order valence-corrected chi connectivity index (χ2v) is 6.03. The summed E-state index contributed by atoms with van der Waals surface area (Å²) in [4.78, 5) is 2.41. The van der Waals surface area contributed by atoms with Gasteiger partial charge in [0, 0.05) is 12.1 Å². The molecule has 1 aromatic heterocycles. The van der Waals surface area contributed by atoms with E-state index in [2.05, 4.69) is 25.8 Å². The van der Waals surface area contributed by atoms with E-state index in [1.54, 1.807) is 6.26 Å². The van der Waals surface area contributed by atoms with Gasteiger partial charge in [-0.3, -0.25) is 4.90 Å². The molecule has 2 rings (SSSR count). The highest BCUT2D eigenvalue weighted by molar-refractivity contribution is 5.03. The van der Waals surface area contributed by atoms with Gasteiger partial charge in [0.15, 0.2) is 0 Å². The van der Waals surface area contributed by atoms with Crippen molar-refractivity contribution < 1.29 is 4.42 Å². The summed E-state index contributed by atoms with van der Waals surface area (Å²) in [7, 11) is 2.18. The summed E-state index contributed by atoms with van der Waals surface area (Å²) in [6.45, 7) is 6.27. The summed E-state index contributed by atoms with van der Waals surface area (Å²) in [5.41, 5.74) is 6.28. The molecular formula is C15H26N2O. The largest absolute Gasteiger partial charge is 0.468 e. The molecule has 0 aliphatic heterocycles. The number of nitrogens with two attached hydrogens (primary N) is 1. The molecule has 0 amide bonds. The standard InChI is InChI=1S/C15H26N2O/c1-12-6-7-13(2)15(9-12,11-16)17(3)10-14-5-4-8-18-14/h4-5,8,12-13H,6-7,9-11,16H2,1-3H3. The van der Waals surface area contributed by atoms with Crippen molar-refractivity contribution in [2.75, 3.05) is 13.6 Å². The van der Waals surface area contributed by atoms with Crippen LogP contribution in [0, 0.1) is 11.8 Å². The molecule has 1 aromatic rings. The molecule has 3 atom stereocenters. The van der Waals surface area contributed by atoms with Crippen LogP contribution >= 0.6 is 0 Å². The molecule has 2 N–H and O–H groups in total. The van der Waals surface area contributed by atoms with Gasteiger partial charge in [-0.25, -0.2) is 0 Å². The molecule has 0 bridgehead atoms. The number of hydrogen-bond acceptors (Lipinski definition) is 3. The topological polar surface area (TPSA) is 42.4 Å². The lowest BCUT2D eigenvalue weighted by molar-refractivity contribution is 0.00533. The van der Waals surface area contributed by atoms with E-state index in [1.165, 1.54) is 19.3 Å². The Morgan fingerprint density at radius 2 is 2.22 bits per heavy atom. The molecule has 1 aliphatic carbocycles. The minimum absolute atomic E-state index is 0.129. The Balaban J connectivity index is 2.14.